The fraction of sp³-hybridized carbons (Fsp3) is 0.409. The Labute approximate surface area is 167 Å². The second kappa shape index (κ2) is 9.88. The Kier molecular flexibility index (Phi) is 7.55. The van der Waals surface area contributed by atoms with E-state index in [9.17, 15) is 9.59 Å². The van der Waals surface area contributed by atoms with Crippen LogP contribution in [0.25, 0.3) is 6.08 Å². The Bertz CT molecular complexity index is 848. The minimum Gasteiger partial charge on any atom is -0.354 e. The number of hydrogen-bond acceptors (Lipinski definition) is 3. The van der Waals surface area contributed by atoms with Crippen molar-refractivity contribution in [2.45, 2.75) is 41.2 Å². The van der Waals surface area contributed by atoms with Crippen LogP contribution < -0.4 is 10.6 Å². The molecule has 0 atom stereocenters. The van der Waals surface area contributed by atoms with E-state index in [1.807, 2.05) is 32.4 Å². The molecule has 6 nitrogen and oxygen atoms in total. The summed E-state index contributed by atoms with van der Waals surface area (Å²) >= 11 is 0. The summed E-state index contributed by atoms with van der Waals surface area (Å²) in [5, 5.41) is 10.1. The van der Waals surface area contributed by atoms with Gasteiger partial charge in [-0.05, 0) is 32.4 Å². The standard InChI is InChI=1S/C22H30N4O2/c1-15(2)22(28)24-13-12-23-21(27)11-10-20-17(4)25-26(18(20)5)14-19-8-6-16(3)7-9-19/h6-11,15H,12-14H2,1-5H3,(H,23,27)(H,24,28). The van der Waals surface area contributed by atoms with Crippen LogP contribution in [0.5, 0.6) is 0 Å². The van der Waals surface area contributed by atoms with E-state index in [1.165, 1.54) is 17.2 Å². The monoisotopic (exact) mass is 382 g/mol. The molecule has 1 aromatic heterocycles. The molecule has 2 N–H and O–H groups in total. The summed E-state index contributed by atoms with van der Waals surface area (Å²) in [5.41, 5.74) is 5.28. The second-order valence-electron chi connectivity index (χ2n) is 7.30. The summed E-state index contributed by atoms with van der Waals surface area (Å²) in [6.07, 6.45) is 3.31. The highest BCUT2D eigenvalue weighted by Crippen LogP contribution is 2.16. The number of amides is 2. The first-order chi connectivity index (χ1) is 13.3. The Morgan fingerprint density at radius 1 is 1.07 bits per heavy atom. The zero-order valence-corrected chi connectivity index (χ0v) is 17.4. The van der Waals surface area contributed by atoms with Gasteiger partial charge in [0.2, 0.25) is 11.8 Å². The predicted molar refractivity (Wildman–Crippen MR) is 112 cm³/mol. The summed E-state index contributed by atoms with van der Waals surface area (Å²) in [6, 6.07) is 8.39. The first-order valence-corrected chi connectivity index (χ1v) is 9.61. The van der Waals surface area contributed by atoms with Crippen molar-refractivity contribution in [3.8, 4) is 0 Å². The Hall–Kier alpha value is -2.89. The molecule has 150 valence electrons. The van der Waals surface area contributed by atoms with E-state index in [-0.39, 0.29) is 17.7 Å². The Morgan fingerprint density at radius 2 is 1.71 bits per heavy atom. The van der Waals surface area contributed by atoms with Crippen molar-refractivity contribution in [2.24, 2.45) is 5.92 Å². The van der Waals surface area contributed by atoms with Gasteiger partial charge in [0.05, 0.1) is 12.2 Å². The van der Waals surface area contributed by atoms with Crippen molar-refractivity contribution >= 4 is 17.9 Å². The number of carbonyl (C=O) groups is 2. The number of aryl methyl sites for hydroxylation is 2. The molecule has 0 aliphatic rings. The molecule has 1 heterocycles. The third-order valence-corrected chi connectivity index (χ3v) is 4.54. The lowest BCUT2D eigenvalue weighted by Crippen LogP contribution is -2.35. The number of aromatic nitrogens is 2. The highest BCUT2D eigenvalue weighted by Gasteiger charge is 2.10. The summed E-state index contributed by atoms with van der Waals surface area (Å²) in [4.78, 5) is 23.5. The van der Waals surface area contributed by atoms with E-state index >= 15 is 0 Å². The fourth-order valence-electron chi connectivity index (χ4n) is 2.77. The number of carbonyl (C=O) groups excluding carboxylic acids is 2. The molecule has 0 aliphatic heterocycles. The highest BCUT2D eigenvalue weighted by atomic mass is 16.2. The molecule has 6 heteroatoms. The lowest BCUT2D eigenvalue weighted by atomic mass is 10.1. The molecule has 0 aliphatic carbocycles. The maximum atomic E-state index is 12.0. The number of nitrogens with one attached hydrogen (secondary N) is 2. The highest BCUT2D eigenvalue weighted by molar-refractivity contribution is 5.92. The minimum absolute atomic E-state index is 0.0166. The largest absolute Gasteiger partial charge is 0.354 e. The van der Waals surface area contributed by atoms with Crippen LogP contribution in [0.2, 0.25) is 0 Å². The van der Waals surface area contributed by atoms with Crippen LogP contribution in [0, 0.1) is 26.7 Å². The second-order valence-corrected chi connectivity index (χ2v) is 7.30. The molecular formula is C22H30N4O2. The normalized spacial score (nSPS) is 11.2. The van der Waals surface area contributed by atoms with Crippen LogP contribution in [0.3, 0.4) is 0 Å². The quantitative estimate of drug-likeness (QED) is 0.544. The first-order valence-electron chi connectivity index (χ1n) is 9.61. The molecule has 0 unspecified atom stereocenters. The van der Waals surface area contributed by atoms with Crippen molar-refractivity contribution in [1.82, 2.24) is 20.4 Å². The minimum atomic E-state index is -0.191. The van der Waals surface area contributed by atoms with Crippen molar-refractivity contribution < 1.29 is 9.59 Å². The average Bonchev–Trinajstić information content (AvgIpc) is 2.91. The maximum Gasteiger partial charge on any atom is 0.244 e. The van der Waals surface area contributed by atoms with Gasteiger partial charge in [-0.1, -0.05) is 43.7 Å². The average molecular weight is 383 g/mol. The summed E-state index contributed by atoms with van der Waals surface area (Å²) in [7, 11) is 0. The smallest absolute Gasteiger partial charge is 0.244 e. The molecule has 0 saturated carbocycles. The van der Waals surface area contributed by atoms with Crippen LogP contribution in [-0.4, -0.2) is 34.7 Å². The van der Waals surface area contributed by atoms with Gasteiger partial charge in [-0.15, -0.1) is 0 Å². The maximum absolute atomic E-state index is 12.0. The molecule has 28 heavy (non-hydrogen) atoms. The predicted octanol–water partition coefficient (Wildman–Crippen LogP) is 2.76. The molecule has 1 aromatic carbocycles. The number of nitrogens with zero attached hydrogens (tertiary/aromatic N) is 2. The number of benzene rings is 1. The molecule has 2 aromatic rings. The first kappa shape index (κ1) is 21.4. The zero-order chi connectivity index (χ0) is 20.7. The Balaban J connectivity index is 1.92. The van der Waals surface area contributed by atoms with Gasteiger partial charge in [0.25, 0.3) is 0 Å². The van der Waals surface area contributed by atoms with Crippen LogP contribution >= 0.6 is 0 Å². The topological polar surface area (TPSA) is 76.0 Å². The van der Waals surface area contributed by atoms with E-state index in [0.29, 0.717) is 19.6 Å². The molecule has 0 radical (unpaired) electrons. The van der Waals surface area contributed by atoms with Gasteiger partial charge in [-0.25, -0.2) is 0 Å². The molecule has 2 rings (SSSR count). The summed E-state index contributed by atoms with van der Waals surface area (Å²) in [6.45, 7) is 11.2. The van der Waals surface area contributed by atoms with Crippen molar-refractivity contribution in [3.63, 3.8) is 0 Å². The van der Waals surface area contributed by atoms with E-state index in [1.54, 1.807) is 6.08 Å². The molecular weight excluding hydrogens is 352 g/mol. The van der Waals surface area contributed by atoms with Gasteiger partial charge >= 0.3 is 0 Å². The van der Waals surface area contributed by atoms with Crippen LogP contribution in [-0.2, 0) is 16.1 Å². The van der Waals surface area contributed by atoms with Gasteiger partial charge in [-0.2, -0.15) is 5.10 Å². The van der Waals surface area contributed by atoms with Crippen molar-refractivity contribution in [3.05, 3.63) is 58.4 Å². The van der Waals surface area contributed by atoms with Crippen LogP contribution in [0.4, 0.5) is 0 Å². The molecule has 0 bridgehead atoms. The fourth-order valence-corrected chi connectivity index (χ4v) is 2.77. The lowest BCUT2D eigenvalue weighted by Gasteiger charge is -2.07. The molecule has 2 amide bonds. The van der Waals surface area contributed by atoms with Crippen LogP contribution in [0.1, 0.15) is 41.9 Å². The third-order valence-electron chi connectivity index (χ3n) is 4.54. The zero-order valence-electron chi connectivity index (χ0n) is 17.4. The molecule has 0 fully saturated rings. The number of hydrogen-bond donors (Lipinski definition) is 2. The van der Waals surface area contributed by atoms with Gasteiger partial charge in [-0.3, -0.25) is 14.3 Å². The lowest BCUT2D eigenvalue weighted by molar-refractivity contribution is -0.124. The van der Waals surface area contributed by atoms with Crippen LogP contribution in [0.15, 0.2) is 30.3 Å². The van der Waals surface area contributed by atoms with E-state index < -0.39 is 0 Å². The number of rotatable bonds is 8. The van der Waals surface area contributed by atoms with Crippen molar-refractivity contribution in [2.75, 3.05) is 13.1 Å². The van der Waals surface area contributed by atoms with E-state index in [0.717, 1.165) is 17.0 Å². The van der Waals surface area contributed by atoms with E-state index in [2.05, 4.69) is 46.9 Å². The Morgan fingerprint density at radius 3 is 2.36 bits per heavy atom. The van der Waals surface area contributed by atoms with Gasteiger partial charge in [0.1, 0.15) is 0 Å². The van der Waals surface area contributed by atoms with Gasteiger partial charge in [0.15, 0.2) is 0 Å². The third kappa shape index (κ3) is 6.08. The van der Waals surface area contributed by atoms with Gasteiger partial charge in [0, 0.05) is 36.3 Å². The van der Waals surface area contributed by atoms with Gasteiger partial charge < -0.3 is 10.6 Å². The van der Waals surface area contributed by atoms with E-state index in [4.69, 9.17) is 0 Å². The molecule has 0 spiro atoms. The summed E-state index contributed by atoms with van der Waals surface area (Å²) < 4.78 is 1.96. The molecule has 0 saturated heterocycles. The van der Waals surface area contributed by atoms with Crippen molar-refractivity contribution in [1.29, 1.82) is 0 Å². The summed E-state index contributed by atoms with van der Waals surface area (Å²) in [5.74, 6) is -0.265. The SMILES string of the molecule is Cc1ccc(Cn2nc(C)c(C=CC(=O)NCCNC(=O)C(C)C)c2C)cc1.